The van der Waals surface area contributed by atoms with Gasteiger partial charge in [0, 0.05) is 17.2 Å². The summed E-state index contributed by atoms with van der Waals surface area (Å²) in [4.78, 5) is 7.77. The molecule has 0 aliphatic heterocycles. The number of nitrogens with one attached hydrogen (secondary N) is 1. The number of nitrogens with zero attached hydrogens (tertiary/aromatic N) is 2. The zero-order chi connectivity index (χ0) is 15.6. The Morgan fingerprint density at radius 1 is 1.24 bits per heavy atom. The minimum Gasteiger partial charge on any atom is -0.366 e. The van der Waals surface area contributed by atoms with Crippen LogP contribution in [-0.2, 0) is 12.7 Å². The van der Waals surface area contributed by atoms with Gasteiger partial charge in [-0.1, -0.05) is 6.07 Å². The van der Waals surface area contributed by atoms with Gasteiger partial charge >= 0.3 is 6.18 Å². The first-order valence-electron chi connectivity index (χ1n) is 6.17. The Morgan fingerprint density at radius 2 is 1.95 bits per heavy atom. The van der Waals surface area contributed by atoms with Gasteiger partial charge in [-0.2, -0.15) is 13.2 Å². The summed E-state index contributed by atoms with van der Waals surface area (Å²) in [5.74, 6) is 0.674. The van der Waals surface area contributed by atoms with Crippen LogP contribution in [0.25, 0.3) is 0 Å². The third kappa shape index (κ3) is 3.93. The largest absolute Gasteiger partial charge is 0.433 e. The molecule has 0 amide bonds. The van der Waals surface area contributed by atoms with Crippen LogP contribution in [0, 0.1) is 13.8 Å². The van der Waals surface area contributed by atoms with Crippen LogP contribution >= 0.6 is 15.9 Å². The number of hydrogen-bond donors (Lipinski definition) is 1. The van der Waals surface area contributed by atoms with Gasteiger partial charge in [0.1, 0.15) is 11.5 Å². The Bertz CT molecular complexity index is 616. The van der Waals surface area contributed by atoms with Crippen LogP contribution in [0.1, 0.15) is 22.5 Å². The van der Waals surface area contributed by atoms with Crippen molar-refractivity contribution in [2.24, 2.45) is 0 Å². The molecule has 21 heavy (non-hydrogen) atoms. The standard InChI is InChI=1S/C14H13BrF3N3/c1-8-5-12(21-9(2)13(8)15)20-7-10-3-4-11(19-6-10)14(16,17)18/h3-6H,7H2,1-2H3,(H,20,21). The van der Waals surface area contributed by atoms with Crippen molar-refractivity contribution in [2.45, 2.75) is 26.6 Å². The Balaban J connectivity index is 2.07. The number of halogens is 4. The molecule has 7 heteroatoms. The van der Waals surface area contributed by atoms with Gasteiger partial charge in [0.15, 0.2) is 0 Å². The Labute approximate surface area is 128 Å². The van der Waals surface area contributed by atoms with E-state index in [4.69, 9.17) is 0 Å². The van der Waals surface area contributed by atoms with Gasteiger partial charge < -0.3 is 5.32 Å². The minimum absolute atomic E-state index is 0.360. The molecule has 2 aromatic heterocycles. The van der Waals surface area contributed by atoms with E-state index in [2.05, 4.69) is 31.2 Å². The maximum atomic E-state index is 12.4. The highest BCUT2D eigenvalue weighted by molar-refractivity contribution is 9.10. The highest BCUT2D eigenvalue weighted by Crippen LogP contribution is 2.27. The minimum atomic E-state index is -4.41. The monoisotopic (exact) mass is 359 g/mol. The fourth-order valence-corrected chi connectivity index (χ4v) is 2.00. The van der Waals surface area contributed by atoms with E-state index in [1.165, 1.54) is 12.3 Å². The molecule has 0 radical (unpaired) electrons. The van der Waals surface area contributed by atoms with Crippen molar-refractivity contribution in [3.05, 3.63) is 51.4 Å². The first-order valence-corrected chi connectivity index (χ1v) is 6.96. The van der Waals surface area contributed by atoms with Crippen LogP contribution in [0.15, 0.2) is 28.9 Å². The lowest BCUT2D eigenvalue weighted by molar-refractivity contribution is -0.141. The number of anilines is 1. The van der Waals surface area contributed by atoms with Gasteiger partial charge in [0.05, 0.1) is 5.69 Å². The molecular weight excluding hydrogens is 347 g/mol. The Morgan fingerprint density at radius 3 is 2.48 bits per heavy atom. The maximum Gasteiger partial charge on any atom is 0.433 e. The molecule has 0 saturated carbocycles. The van der Waals surface area contributed by atoms with E-state index >= 15 is 0 Å². The van der Waals surface area contributed by atoms with Crippen molar-refractivity contribution in [3.8, 4) is 0 Å². The summed E-state index contributed by atoms with van der Waals surface area (Å²) in [6, 6.07) is 4.25. The van der Waals surface area contributed by atoms with Gasteiger partial charge in [-0.3, -0.25) is 4.98 Å². The molecule has 1 N–H and O–H groups in total. The van der Waals surface area contributed by atoms with Gasteiger partial charge in [0.25, 0.3) is 0 Å². The quantitative estimate of drug-likeness (QED) is 0.877. The molecule has 0 bridgehead atoms. The van der Waals surface area contributed by atoms with Crippen molar-refractivity contribution < 1.29 is 13.2 Å². The number of aromatic nitrogens is 2. The molecular formula is C14H13BrF3N3. The smallest absolute Gasteiger partial charge is 0.366 e. The van der Waals surface area contributed by atoms with Crippen molar-refractivity contribution in [3.63, 3.8) is 0 Å². The summed E-state index contributed by atoms with van der Waals surface area (Å²) in [6.07, 6.45) is -3.19. The Kier molecular flexibility index (Phi) is 4.51. The van der Waals surface area contributed by atoms with Crippen LogP contribution in [0.3, 0.4) is 0 Å². The Hall–Kier alpha value is -1.63. The summed E-state index contributed by atoms with van der Waals surface area (Å²) in [7, 11) is 0. The second-order valence-corrected chi connectivity index (χ2v) is 5.42. The molecule has 0 saturated heterocycles. The van der Waals surface area contributed by atoms with Crippen LogP contribution in [-0.4, -0.2) is 9.97 Å². The van der Waals surface area contributed by atoms with Crippen molar-refractivity contribution in [2.75, 3.05) is 5.32 Å². The number of hydrogen-bond acceptors (Lipinski definition) is 3. The second kappa shape index (κ2) is 6.01. The average Bonchev–Trinajstić information content (AvgIpc) is 2.42. The third-order valence-corrected chi connectivity index (χ3v) is 4.09. The molecule has 0 aromatic carbocycles. The zero-order valence-electron chi connectivity index (χ0n) is 11.4. The molecule has 112 valence electrons. The van der Waals surface area contributed by atoms with Crippen LogP contribution in [0.2, 0.25) is 0 Å². The average molecular weight is 360 g/mol. The molecule has 0 unspecified atom stereocenters. The van der Waals surface area contributed by atoms with Gasteiger partial charge in [-0.05, 0) is 53.0 Å². The number of pyridine rings is 2. The van der Waals surface area contributed by atoms with Crippen molar-refractivity contribution in [1.82, 2.24) is 9.97 Å². The van der Waals surface area contributed by atoms with Gasteiger partial charge in [-0.25, -0.2) is 4.98 Å². The molecule has 2 heterocycles. The molecule has 0 aliphatic carbocycles. The fraction of sp³-hybridized carbons (Fsp3) is 0.286. The van der Waals surface area contributed by atoms with E-state index in [0.717, 1.165) is 21.8 Å². The molecule has 0 aliphatic rings. The lowest BCUT2D eigenvalue weighted by Gasteiger charge is -2.10. The summed E-state index contributed by atoms with van der Waals surface area (Å²) in [5, 5.41) is 3.07. The number of rotatable bonds is 3. The van der Waals surface area contributed by atoms with Crippen LogP contribution in [0.4, 0.5) is 19.0 Å². The number of aryl methyl sites for hydroxylation is 2. The van der Waals surface area contributed by atoms with E-state index in [9.17, 15) is 13.2 Å². The van der Waals surface area contributed by atoms with E-state index < -0.39 is 11.9 Å². The summed E-state index contributed by atoms with van der Waals surface area (Å²) in [5.41, 5.74) is 1.65. The molecule has 2 rings (SSSR count). The lowest BCUT2D eigenvalue weighted by atomic mass is 10.2. The highest BCUT2D eigenvalue weighted by Gasteiger charge is 2.31. The lowest BCUT2D eigenvalue weighted by Crippen LogP contribution is -2.09. The summed E-state index contributed by atoms with van der Waals surface area (Å²) >= 11 is 3.43. The maximum absolute atomic E-state index is 12.4. The molecule has 3 nitrogen and oxygen atoms in total. The van der Waals surface area contributed by atoms with Crippen LogP contribution < -0.4 is 5.32 Å². The normalized spacial score (nSPS) is 11.5. The first kappa shape index (κ1) is 15.8. The van der Waals surface area contributed by atoms with E-state index in [1.54, 1.807) is 0 Å². The van der Waals surface area contributed by atoms with Gasteiger partial charge in [-0.15, -0.1) is 0 Å². The van der Waals surface area contributed by atoms with Crippen molar-refractivity contribution in [1.29, 1.82) is 0 Å². The second-order valence-electron chi connectivity index (χ2n) is 4.63. The topological polar surface area (TPSA) is 37.8 Å². The zero-order valence-corrected chi connectivity index (χ0v) is 13.0. The predicted molar refractivity (Wildman–Crippen MR) is 78.0 cm³/mol. The number of alkyl halides is 3. The predicted octanol–water partition coefficient (Wildman–Crippen LogP) is 4.49. The van der Waals surface area contributed by atoms with E-state index in [0.29, 0.717) is 17.9 Å². The highest BCUT2D eigenvalue weighted by atomic mass is 79.9. The van der Waals surface area contributed by atoms with Crippen molar-refractivity contribution >= 4 is 21.7 Å². The summed E-state index contributed by atoms with van der Waals surface area (Å²) < 4.78 is 38.2. The molecule has 2 aromatic rings. The third-order valence-electron chi connectivity index (χ3n) is 2.89. The van der Waals surface area contributed by atoms with E-state index in [-0.39, 0.29) is 0 Å². The molecule has 0 spiro atoms. The van der Waals surface area contributed by atoms with Gasteiger partial charge in [0.2, 0.25) is 0 Å². The van der Waals surface area contributed by atoms with E-state index in [1.807, 2.05) is 19.9 Å². The first-order chi connectivity index (χ1) is 9.77. The fourth-order valence-electron chi connectivity index (χ4n) is 1.80. The van der Waals surface area contributed by atoms with Crippen LogP contribution in [0.5, 0.6) is 0 Å². The SMILES string of the molecule is Cc1cc(NCc2ccc(C(F)(F)F)nc2)nc(C)c1Br. The molecule has 0 atom stereocenters. The summed E-state index contributed by atoms with van der Waals surface area (Å²) in [6.45, 7) is 4.18. The molecule has 0 fully saturated rings.